The molecule has 15 heavy (non-hydrogen) atoms. The maximum absolute atomic E-state index is 5.86. The third-order valence-corrected chi connectivity index (χ3v) is 2.90. The molecule has 1 aliphatic heterocycles. The monoisotopic (exact) mass is 205 g/mol. The second-order valence-corrected chi connectivity index (χ2v) is 4.61. The van der Waals surface area contributed by atoms with E-state index in [0.717, 1.165) is 25.0 Å². The van der Waals surface area contributed by atoms with E-state index in [1.165, 1.54) is 11.1 Å². The molecule has 0 radical (unpaired) electrons. The van der Waals surface area contributed by atoms with Gasteiger partial charge in [0.25, 0.3) is 0 Å². The number of benzene rings is 1. The van der Waals surface area contributed by atoms with Gasteiger partial charge in [0.2, 0.25) is 0 Å². The van der Waals surface area contributed by atoms with Crippen LogP contribution in [0.25, 0.3) is 0 Å². The first kappa shape index (κ1) is 10.5. The number of hydrogen-bond acceptors (Lipinski definition) is 2. The molecule has 1 heterocycles. The Morgan fingerprint density at radius 2 is 2.33 bits per heavy atom. The summed E-state index contributed by atoms with van der Waals surface area (Å²) in [6.45, 7) is 4.17. The van der Waals surface area contributed by atoms with Gasteiger partial charge in [0.15, 0.2) is 0 Å². The van der Waals surface area contributed by atoms with Crippen LogP contribution in [0.15, 0.2) is 18.2 Å². The molecule has 0 saturated carbocycles. The van der Waals surface area contributed by atoms with E-state index in [4.69, 9.17) is 10.5 Å². The highest BCUT2D eigenvalue weighted by atomic mass is 16.5. The van der Waals surface area contributed by atoms with Crippen LogP contribution in [0, 0.1) is 6.92 Å². The molecule has 1 aromatic carbocycles. The first-order chi connectivity index (χ1) is 7.15. The lowest BCUT2D eigenvalue weighted by molar-refractivity contribution is 0.215. The van der Waals surface area contributed by atoms with Gasteiger partial charge in [0.05, 0.1) is 0 Å². The van der Waals surface area contributed by atoms with Crippen molar-refractivity contribution in [3.05, 3.63) is 29.3 Å². The number of nitrogens with two attached hydrogens (primary N) is 1. The van der Waals surface area contributed by atoms with E-state index in [2.05, 4.69) is 25.1 Å². The smallest absolute Gasteiger partial charge is 0.123 e. The molecular weight excluding hydrogens is 186 g/mol. The average Bonchev–Trinajstić information content (AvgIpc) is 2.56. The summed E-state index contributed by atoms with van der Waals surface area (Å²) in [5.74, 6) is 1.07. The van der Waals surface area contributed by atoms with Gasteiger partial charge in [-0.3, -0.25) is 0 Å². The Morgan fingerprint density at radius 3 is 3.07 bits per heavy atom. The van der Waals surface area contributed by atoms with Crippen LogP contribution in [0.2, 0.25) is 0 Å². The maximum Gasteiger partial charge on any atom is 0.123 e. The van der Waals surface area contributed by atoms with Gasteiger partial charge in [-0.05, 0) is 38.3 Å². The zero-order chi connectivity index (χ0) is 10.8. The average molecular weight is 205 g/mol. The lowest BCUT2D eigenvalue weighted by Crippen LogP contribution is -2.20. The third kappa shape index (κ3) is 2.51. The summed E-state index contributed by atoms with van der Waals surface area (Å²) in [4.78, 5) is 0. The molecule has 0 fully saturated rings. The Kier molecular flexibility index (Phi) is 2.96. The van der Waals surface area contributed by atoms with Gasteiger partial charge in [-0.15, -0.1) is 0 Å². The zero-order valence-electron chi connectivity index (χ0n) is 9.49. The quantitative estimate of drug-likeness (QED) is 0.822. The van der Waals surface area contributed by atoms with Crippen molar-refractivity contribution in [1.29, 1.82) is 0 Å². The standard InChI is InChI=1S/C13H19NO/c1-9-3-6-13-11(7-9)8-12(15-13)5-4-10(2)14/h3,6-7,10,12H,4-5,8,14H2,1-2H3. The second-order valence-electron chi connectivity index (χ2n) is 4.61. The second kappa shape index (κ2) is 4.23. The van der Waals surface area contributed by atoms with E-state index in [-0.39, 0.29) is 6.04 Å². The molecule has 2 heteroatoms. The molecule has 2 N–H and O–H groups in total. The van der Waals surface area contributed by atoms with Gasteiger partial charge in [-0.1, -0.05) is 17.7 Å². The summed E-state index contributed by atoms with van der Waals surface area (Å²) in [6, 6.07) is 6.68. The number of ether oxygens (including phenoxy) is 1. The van der Waals surface area contributed by atoms with Crippen LogP contribution in [-0.4, -0.2) is 12.1 Å². The molecule has 0 saturated heterocycles. The van der Waals surface area contributed by atoms with Crippen LogP contribution in [0.3, 0.4) is 0 Å². The molecule has 2 rings (SSSR count). The van der Waals surface area contributed by atoms with Crippen molar-refractivity contribution >= 4 is 0 Å². The molecule has 1 aromatic rings. The van der Waals surface area contributed by atoms with Gasteiger partial charge in [0.1, 0.15) is 11.9 Å². The Balaban J connectivity index is 1.97. The number of rotatable bonds is 3. The van der Waals surface area contributed by atoms with Gasteiger partial charge < -0.3 is 10.5 Å². The predicted octanol–water partition coefficient (Wildman–Crippen LogP) is 2.43. The van der Waals surface area contributed by atoms with Crippen molar-refractivity contribution in [2.45, 2.75) is 45.3 Å². The molecule has 82 valence electrons. The predicted molar refractivity (Wildman–Crippen MR) is 62.2 cm³/mol. The first-order valence-corrected chi connectivity index (χ1v) is 5.67. The minimum atomic E-state index is 0.277. The van der Waals surface area contributed by atoms with Gasteiger partial charge in [0, 0.05) is 12.5 Å². The first-order valence-electron chi connectivity index (χ1n) is 5.67. The van der Waals surface area contributed by atoms with Crippen LogP contribution in [0.5, 0.6) is 5.75 Å². The fourth-order valence-electron chi connectivity index (χ4n) is 2.06. The van der Waals surface area contributed by atoms with Crippen molar-refractivity contribution in [2.24, 2.45) is 5.73 Å². The largest absolute Gasteiger partial charge is 0.490 e. The SMILES string of the molecule is Cc1ccc2c(c1)CC(CCC(C)N)O2. The lowest BCUT2D eigenvalue weighted by Gasteiger charge is -2.11. The van der Waals surface area contributed by atoms with E-state index in [1.54, 1.807) is 0 Å². The summed E-state index contributed by atoms with van der Waals surface area (Å²) >= 11 is 0. The summed E-state index contributed by atoms with van der Waals surface area (Å²) in [7, 11) is 0. The molecule has 2 nitrogen and oxygen atoms in total. The summed E-state index contributed by atoms with van der Waals surface area (Å²) in [6.07, 6.45) is 3.49. The topological polar surface area (TPSA) is 35.2 Å². The molecule has 0 spiro atoms. The molecule has 1 aliphatic rings. The van der Waals surface area contributed by atoms with Crippen LogP contribution in [0.4, 0.5) is 0 Å². The minimum absolute atomic E-state index is 0.277. The van der Waals surface area contributed by atoms with Crippen molar-refractivity contribution in [3.63, 3.8) is 0 Å². The third-order valence-electron chi connectivity index (χ3n) is 2.90. The van der Waals surface area contributed by atoms with Gasteiger partial charge in [-0.2, -0.15) is 0 Å². The van der Waals surface area contributed by atoms with E-state index in [9.17, 15) is 0 Å². The fourth-order valence-corrected chi connectivity index (χ4v) is 2.06. The summed E-state index contributed by atoms with van der Waals surface area (Å²) < 4.78 is 5.86. The normalized spacial score (nSPS) is 20.9. The van der Waals surface area contributed by atoms with Crippen LogP contribution < -0.4 is 10.5 Å². The molecule has 0 aromatic heterocycles. The van der Waals surface area contributed by atoms with Crippen molar-refractivity contribution in [3.8, 4) is 5.75 Å². The summed E-state index contributed by atoms with van der Waals surface area (Å²) in [5, 5.41) is 0. The van der Waals surface area contributed by atoms with Crippen molar-refractivity contribution in [2.75, 3.05) is 0 Å². The number of fused-ring (bicyclic) bond motifs is 1. The van der Waals surface area contributed by atoms with Crippen LogP contribution >= 0.6 is 0 Å². The van der Waals surface area contributed by atoms with Crippen LogP contribution in [-0.2, 0) is 6.42 Å². The van der Waals surface area contributed by atoms with E-state index in [0.29, 0.717) is 6.10 Å². The van der Waals surface area contributed by atoms with Crippen molar-refractivity contribution in [1.82, 2.24) is 0 Å². The minimum Gasteiger partial charge on any atom is -0.490 e. The fraction of sp³-hybridized carbons (Fsp3) is 0.538. The molecule has 0 bridgehead atoms. The van der Waals surface area contributed by atoms with Crippen molar-refractivity contribution < 1.29 is 4.74 Å². The van der Waals surface area contributed by atoms with E-state index >= 15 is 0 Å². The van der Waals surface area contributed by atoms with Gasteiger partial charge in [-0.25, -0.2) is 0 Å². The number of aryl methyl sites for hydroxylation is 1. The Morgan fingerprint density at radius 1 is 1.53 bits per heavy atom. The maximum atomic E-state index is 5.86. The Hall–Kier alpha value is -1.02. The molecule has 2 unspecified atom stereocenters. The molecule has 0 aliphatic carbocycles. The highest BCUT2D eigenvalue weighted by Crippen LogP contribution is 2.31. The highest BCUT2D eigenvalue weighted by molar-refractivity contribution is 5.40. The van der Waals surface area contributed by atoms with E-state index in [1.807, 2.05) is 6.92 Å². The number of hydrogen-bond donors (Lipinski definition) is 1. The van der Waals surface area contributed by atoms with Crippen LogP contribution in [0.1, 0.15) is 30.9 Å². The molecule has 0 amide bonds. The summed E-state index contributed by atoms with van der Waals surface area (Å²) in [5.41, 5.74) is 8.41. The van der Waals surface area contributed by atoms with E-state index < -0.39 is 0 Å². The zero-order valence-corrected chi connectivity index (χ0v) is 9.49. The molecule has 2 atom stereocenters. The van der Waals surface area contributed by atoms with Gasteiger partial charge >= 0.3 is 0 Å². The Labute approximate surface area is 91.4 Å². The lowest BCUT2D eigenvalue weighted by atomic mass is 10.0. The Bertz CT molecular complexity index is 346. The molecular formula is C13H19NO. The highest BCUT2D eigenvalue weighted by Gasteiger charge is 2.22.